The van der Waals surface area contributed by atoms with Crippen LogP contribution in [0, 0.1) is 5.82 Å². The van der Waals surface area contributed by atoms with E-state index in [1.54, 1.807) is 0 Å². The molecule has 3 nitrogen and oxygen atoms in total. The van der Waals surface area contributed by atoms with Gasteiger partial charge in [0, 0.05) is 16.5 Å². The van der Waals surface area contributed by atoms with Gasteiger partial charge >= 0.3 is 0 Å². The Bertz CT molecular complexity index is 544. The molecule has 0 radical (unpaired) electrons. The normalized spacial score (nSPS) is 19.5. The van der Waals surface area contributed by atoms with Crippen molar-refractivity contribution in [2.75, 3.05) is 0 Å². The summed E-state index contributed by atoms with van der Waals surface area (Å²) in [4.78, 5) is -0.0709. The molecule has 2 rings (SSSR count). The van der Waals surface area contributed by atoms with Crippen LogP contribution in [-0.4, -0.2) is 19.6 Å². The van der Waals surface area contributed by atoms with Gasteiger partial charge in [-0.2, -0.15) is 0 Å². The zero-order valence-electron chi connectivity index (χ0n) is 7.94. The third-order valence-corrected chi connectivity index (χ3v) is 3.82. The van der Waals surface area contributed by atoms with Gasteiger partial charge in [0.15, 0.2) is 0 Å². The first-order valence-corrected chi connectivity index (χ1v) is 5.92. The lowest BCUT2D eigenvalue weighted by atomic mass is 10.0. The minimum atomic E-state index is -3.58. The molecule has 1 unspecified atom stereocenters. The predicted molar refractivity (Wildman–Crippen MR) is 53.2 cm³/mol. The number of fused-ring (bicyclic) bond motifs is 1. The second kappa shape index (κ2) is 3.15. The highest BCUT2D eigenvalue weighted by molar-refractivity contribution is 7.95. The highest BCUT2D eigenvalue weighted by atomic mass is 32.2. The van der Waals surface area contributed by atoms with Crippen LogP contribution in [0.2, 0.25) is 0 Å². The predicted octanol–water partition coefficient (Wildman–Crippen LogP) is 1.33. The Morgan fingerprint density at radius 3 is 2.67 bits per heavy atom. The molecule has 1 aliphatic heterocycles. The van der Waals surface area contributed by atoms with Gasteiger partial charge in [-0.25, -0.2) is 12.8 Å². The van der Waals surface area contributed by atoms with Crippen molar-refractivity contribution in [1.82, 2.24) is 0 Å². The van der Waals surface area contributed by atoms with E-state index in [-0.39, 0.29) is 16.0 Å². The van der Waals surface area contributed by atoms with Crippen molar-refractivity contribution in [2.45, 2.75) is 17.9 Å². The van der Waals surface area contributed by atoms with Gasteiger partial charge in [-0.1, -0.05) is 6.07 Å². The number of rotatable bonds is 1. The number of hydrogen-bond donors (Lipinski definition) is 1. The van der Waals surface area contributed by atoms with Gasteiger partial charge in [-0.3, -0.25) is 0 Å². The Labute approximate surface area is 86.8 Å². The number of sulfone groups is 1. The molecular weight excluding hydrogens is 219 g/mol. The summed E-state index contributed by atoms with van der Waals surface area (Å²) in [7, 11) is -3.58. The van der Waals surface area contributed by atoms with Crippen LogP contribution in [0.25, 0.3) is 5.57 Å². The monoisotopic (exact) mass is 228 g/mol. The van der Waals surface area contributed by atoms with E-state index in [1.165, 1.54) is 25.1 Å². The second-order valence-corrected chi connectivity index (χ2v) is 5.17. The molecule has 5 heteroatoms. The number of aliphatic hydroxyl groups is 1. The molecule has 0 fully saturated rings. The molecule has 0 saturated carbocycles. The van der Waals surface area contributed by atoms with Gasteiger partial charge in [0.25, 0.3) is 0 Å². The number of benzene rings is 1. The Balaban J connectivity index is 2.80. The molecule has 0 bridgehead atoms. The molecular formula is C10H9FO3S. The molecule has 1 heterocycles. The molecule has 15 heavy (non-hydrogen) atoms. The topological polar surface area (TPSA) is 54.4 Å². The lowest BCUT2D eigenvalue weighted by molar-refractivity contribution is 0.253. The van der Waals surface area contributed by atoms with Crippen LogP contribution < -0.4 is 0 Å². The lowest BCUT2D eigenvalue weighted by Crippen LogP contribution is -2.03. The molecule has 0 amide bonds. The highest BCUT2D eigenvalue weighted by Gasteiger charge is 2.31. The molecule has 0 aliphatic carbocycles. The van der Waals surface area contributed by atoms with Crippen molar-refractivity contribution < 1.29 is 17.9 Å². The molecule has 1 aliphatic rings. The van der Waals surface area contributed by atoms with Crippen LogP contribution >= 0.6 is 0 Å². The van der Waals surface area contributed by atoms with Crippen molar-refractivity contribution in [3.63, 3.8) is 0 Å². The molecule has 1 atom stereocenters. The van der Waals surface area contributed by atoms with Gasteiger partial charge in [0.2, 0.25) is 9.84 Å². The quantitative estimate of drug-likeness (QED) is 0.789. The SMILES string of the molecule is CC(O)C1=CS(=O)(=O)c2cccc(F)c21. The fraction of sp³-hybridized carbons (Fsp3) is 0.200. The third-order valence-electron chi connectivity index (χ3n) is 2.30. The van der Waals surface area contributed by atoms with E-state index in [4.69, 9.17) is 0 Å². The summed E-state index contributed by atoms with van der Waals surface area (Å²) in [6.45, 7) is 1.41. The zero-order chi connectivity index (χ0) is 11.2. The fourth-order valence-electron chi connectivity index (χ4n) is 1.62. The average Bonchev–Trinajstić information content (AvgIpc) is 2.40. The van der Waals surface area contributed by atoms with E-state index in [9.17, 15) is 17.9 Å². The van der Waals surface area contributed by atoms with Gasteiger partial charge in [0.05, 0.1) is 11.0 Å². The number of hydrogen-bond acceptors (Lipinski definition) is 3. The first kappa shape index (κ1) is 10.3. The van der Waals surface area contributed by atoms with Crippen molar-refractivity contribution in [3.8, 4) is 0 Å². The van der Waals surface area contributed by atoms with Crippen LogP contribution in [0.15, 0.2) is 28.5 Å². The summed E-state index contributed by atoms with van der Waals surface area (Å²) in [5, 5.41) is 10.3. The largest absolute Gasteiger partial charge is 0.389 e. The minimum absolute atomic E-state index is 0.00694. The highest BCUT2D eigenvalue weighted by Crippen LogP contribution is 2.36. The van der Waals surface area contributed by atoms with Crippen LogP contribution in [0.1, 0.15) is 12.5 Å². The molecule has 0 saturated heterocycles. The fourth-order valence-corrected chi connectivity index (χ4v) is 3.16. The van der Waals surface area contributed by atoms with Gasteiger partial charge in [0.1, 0.15) is 5.82 Å². The smallest absolute Gasteiger partial charge is 0.200 e. The molecule has 1 aromatic rings. The lowest BCUT2D eigenvalue weighted by Gasteiger charge is -2.07. The van der Waals surface area contributed by atoms with Crippen LogP contribution in [0.3, 0.4) is 0 Å². The summed E-state index contributed by atoms with van der Waals surface area (Å²) in [6.07, 6.45) is -1.00. The zero-order valence-corrected chi connectivity index (χ0v) is 8.75. The molecule has 1 aromatic carbocycles. The average molecular weight is 228 g/mol. The number of aliphatic hydroxyl groups excluding tert-OH is 1. The Morgan fingerprint density at radius 1 is 1.40 bits per heavy atom. The molecule has 1 N–H and O–H groups in total. The van der Waals surface area contributed by atoms with E-state index < -0.39 is 21.8 Å². The van der Waals surface area contributed by atoms with Crippen molar-refractivity contribution in [3.05, 3.63) is 35.0 Å². The first-order chi connectivity index (χ1) is 6.93. The number of halogens is 1. The van der Waals surface area contributed by atoms with Crippen molar-refractivity contribution in [2.24, 2.45) is 0 Å². The van der Waals surface area contributed by atoms with E-state index in [0.717, 1.165) is 5.41 Å². The maximum absolute atomic E-state index is 13.4. The summed E-state index contributed by atoms with van der Waals surface area (Å²) >= 11 is 0. The van der Waals surface area contributed by atoms with E-state index in [2.05, 4.69) is 0 Å². The van der Waals surface area contributed by atoms with Crippen LogP contribution in [0.4, 0.5) is 4.39 Å². The standard InChI is InChI=1S/C10H9FO3S/c1-6(12)7-5-15(13,14)9-4-2-3-8(11)10(7)9/h2-6,12H,1H3. The maximum atomic E-state index is 13.4. The second-order valence-electron chi connectivity index (χ2n) is 3.41. The summed E-state index contributed by atoms with van der Waals surface area (Å²) < 4.78 is 36.6. The van der Waals surface area contributed by atoms with E-state index in [1.807, 2.05) is 0 Å². The summed E-state index contributed by atoms with van der Waals surface area (Å²) in [6, 6.07) is 3.85. The molecule has 0 aromatic heterocycles. The van der Waals surface area contributed by atoms with Gasteiger partial charge < -0.3 is 5.11 Å². The van der Waals surface area contributed by atoms with Crippen molar-refractivity contribution in [1.29, 1.82) is 0 Å². The first-order valence-electron chi connectivity index (χ1n) is 4.37. The van der Waals surface area contributed by atoms with E-state index >= 15 is 0 Å². The Kier molecular flexibility index (Phi) is 2.17. The third kappa shape index (κ3) is 1.48. The van der Waals surface area contributed by atoms with Gasteiger partial charge in [-0.15, -0.1) is 0 Å². The van der Waals surface area contributed by atoms with Crippen LogP contribution in [-0.2, 0) is 9.84 Å². The Hall–Kier alpha value is -1.20. The van der Waals surface area contributed by atoms with Gasteiger partial charge in [-0.05, 0) is 19.1 Å². The summed E-state index contributed by atoms with van der Waals surface area (Å²) in [5.41, 5.74) is 0.107. The van der Waals surface area contributed by atoms with Crippen molar-refractivity contribution >= 4 is 15.4 Å². The summed E-state index contributed by atoms with van der Waals surface area (Å²) in [5.74, 6) is -0.624. The Morgan fingerprint density at radius 2 is 2.07 bits per heavy atom. The molecule has 80 valence electrons. The molecule has 0 spiro atoms. The van der Waals surface area contributed by atoms with Crippen LogP contribution in [0.5, 0.6) is 0 Å². The minimum Gasteiger partial charge on any atom is -0.389 e. The van der Waals surface area contributed by atoms with E-state index in [0.29, 0.717) is 0 Å². The maximum Gasteiger partial charge on any atom is 0.200 e.